The number of nitrogens with two attached hydrogens (primary N) is 1. The molecular weight excluding hydrogens is 246 g/mol. The van der Waals surface area contributed by atoms with Crippen molar-refractivity contribution in [1.29, 1.82) is 0 Å². The van der Waals surface area contributed by atoms with Crippen LogP contribution < -0.4 is 11.3 Å². The van der Waals surface area contributed by atoms with Crippen molar-refractivity contribution in [3.05, 3.63) is 42.2 Å². The molecule has 0 amide bonds. The minimum atomic E-state index is 0.209. The summed E-state index contributed by atoms with van der Waals surface area (Å²) in [6.45, 7) is 4.48. The summed E-state index contributed by atoms with van der Waals surface area (Å²) in [6, 6.07) is 8.68. The number of fused-ring (bicyclic) bond motifs is 1. The van der Waals surface area contributed by atoms with Gasteiger partial charge in [0.15, 0.2) is 0 Å². The van der Waals surface area contributed by atoms with E-state index in [4.69, 9.17) is 5.84 Å². The molecule has 1 unspecified atom stereocenters. The number of hydrazine groups is 1. The van der Waals surface area contributed by atoms with Gasteiger partial charge in [0, 0.05) is 23.8 Å². The third kappa shape index (κ3) is 3.17. The Morgan fingerprint density at radius 1 is 1.15 bits per heavy atom. The maximum atomic E-state index is 5.89. The minimum absolute atomic E-state index is 0.209. The van der Waals surface area contributed by atoms with E-state index >= 15 is 0 Å². The molecule has 3 nitrogen and oxygen atoms in total. The van der Waals surface area contributed by atoms with Crippen LogP contribution in [0.25, 0.3) is 10.8 Å². The van der Waals surface area contributed by atoms with E-state index in [0.29, 0.717) is 5.92 Å². The molecule has 0 saturated carbocycles. The Hall–Kier alpha value is -1.45. The third-order valence-electron chi connectivity index (χ3n) is 4.02. The van der Waals surface area contributed by atoms with E-state index in [-0.39, 0.29) is 6.04 Å². The highest BCUT2D eigenvalue weighted by atomic mass is 15.2. The molecule has 0 radical (unpaired) electrons. The Labute approximate surface area is 121 Å². The van der Waals surface area contributed by atoms with E-state index in [1.165, 1.54) is 42.0 Å². The van der Waals surface area contributed by atoms with Crippen molar-refractivity contribution in [3.63, 3.8) is 0 Å². The predicted octanol–water partition coefficient (Wildman–Crippen LogP) is 3.96. The number of pyridine rings is 1. The van der Waals surface area contributed by atoms with Crippen LogP contribution in [-0.2, 0) is 0 Å². The normalized spacial score (nSPS) is 13.0. The van der Waals surface area contributed by atoms with Crippen LogP contribution in [0.4, 0.5) is 0 Å². The lowest BCUT2D eigenvalue weighted by Crippen LogP contribution is -2.33. The van der Waals surface area contributed by atoms with E-state index in [1.807, 2.05) is 12.4 Å². The van der Waals surface area contributed by atoms with E-state index < -0.39 is 0 Å². The maximum Gasteiger partial charge on any atom is 0.0494 e. The first-order valence-electron chi connectivity index (χ1n) is 7.60. The molecule has 20 heavy (non-hydrogen) atoms. The number of nitrogens with one attached hydrogen (secondary N) is 1. The molecule has 1 atom stereocenters. The Morgan fingerprint density at radius 3 is 2.55 bits per heavy atom. The van der Waals surface area contributed by atoms with Crippen molar-refractivity contribution in [2.75, 3.05) is 0 Å². The zero-order chi connectivity index (χ0) is 14.4. The summed E-state index contributed by atoms with van der Waals surface area (Å²) in [5.74, 6) is 6.47. The summed E-state index contributed by atoms with van der Waals surface area (Å²) < 4.78 is 0. The van der Waals surface area contributed by atoms with Gasteiger partial charge in [-0.05, 0) is 35.8 Å². The minimum Gasteiger partial charge on any atom is -0.271 e. The average molecular weight is 271 g/mol. The van der Waals surface area contributed by atoms with Crippen molar-refractivity contribution >= 4 is 10.8 Å². The van der Waals surface area contributed by atoms with Crippen LogP contribution in [-0.4, -0.2) is 4.98 Å². The summed E-state index contributed by atoms with van der Waals surface area (Å²) in [5.41, 5.74) is 4.35. The van der Waals surface area contributed by atoms with Gasteiger partial charge in [-0.3, -0.25) is 16.3 Å². The maximum absolute atomic E-state index is 5.89. The molecule has 1 aromatic heterocycles. The quantitative estimate of drug-likeness (QED) is 0.592. The summed E-state index contributed by atoms with van der Waals surface area (Å²) in [7, 11) is 0. The zero-order valence-corrected chi connectivity index (χ0v) is 12.5. The Morgan fingerprint density at radius 2 is 1.90 bits per heavy atom. The number of nitrogens with zero attached hydrogens (tertiary/aromatic N) is 1. The van der Waals surface area contributed by atoms with Gasteiger partial charge >= 0.3 is 0 Å². The molecule has 3 heteroatoms. The van der Waals surface area contributed by atoms with Crippen LogP contribution in [0.3, 0.4) is 0 Å². The van der Waals surface area contributed by atoms with Gasteiger partial charge in [-0.15, -0.1) is 0 Å². The van der Waals surface area contributed by atoms with Gasteiger partial charge in [-0.1, -0.05) is 44.9 Å². The van der Waals surface area contributed by atoms with Gasteiger partial charge in [0.05, 0.1) is 0 Å². The molecule has 3 N–H and O–H groups in total. The van der Waals surface area contributed by atoms with E-state index in [0.717, 1.165) is 0 Å². The van der Waals surface area contributed by atoms with Crippen molar-refractivity contribution in [3.8, 4) is 0 Å². The van der Waals surface area contributed by atoms with Crippen molar-refractivity contribution < 1.29 is 0 Å². The van der Waals surface area contributed by atoms with Crippen LogP contribution >= 0.6 is 0 Å². The number of rotatable bonds is 7. The second kappa shape index (κ2) is 7.36. The number of hydrogen-bond donors (Lipinski definition) is 2. The number of benzene rings is 1. The first-order chi connectivity index (χ1) is 9.81. The Kier molecular flexibility index (Phi) is 5.50. The first-order valence-corrected chi connectivity index (χ1v) is 7.60. The Bertz CT molecular complexity index is 527. The van der Waals surface area contributed by atoms with Gasteiger partial charge in [-0.2, -0.15) is 0 Å². The van der Waals surface area contributed by atoms with E-state index in [9.17, 15) is 0 Å². The van der Waals surface area contributed by atoms with Gasteiger partial charge in [-0.25, -0.2) is 0 Å². The molecule has 1 aromatic carbocycles. The summed E-state index contributed by atoms with van der Waals surface area (Å²) >= 11 is 0. The van der Waals surface area contributed by atoms with Gasteiger partial charge in [0.1, 0.15) is 0 Å². The monoisotopic (exact) mass is 271 g/mol. The lowest BCUT2D eigenvalue weighted by Gasteiger charge is -2.27. The summed E-state index contributed by atoms with van der Waals surface area (Å²) in [4.78, 5) is 4.21. The molecule has 0 spiro atoms. The molecule has 0 fully saturated rings. The molecule has 0 bridgehead atoms. The number of hydrogen-bond acceptors (Lipinski definition) is 3. The smallest absolute Gasteiger partial charge is 0.0494 e. The molecule has 0 aliphatic heterocycles. The predicted molar refractivity (Wildman–Crippen MR) is 85.1 cm³/mol. The number of aromatic nitrogens is 1. The lowest BCUT2D eigenvalue weighted by molar-refractivity contribution is 0.321. The van der Waals surface area contributed by atoms with Crippen molar-refractivity contribution in [1.82, 2.24) is 10.4 Å². The summed E-state index contributed by atoms with van der Waals surface area (Å²) in [5, 5.41) is 2.43. The van der Waals surface area contributed by atoms with Gasteiger partial charge in [0.2, 0.25) is 0 Å². The van der Waals surface area contributed by atoms with Crippen LogP contribution in [0, 0.1) is 5.92 Å². The topological polar surface area (TPSA) is 50.9 Å². The first kappa shape index (κ1) is 14.9. The summed E-state index contributed by atoms with van der Waals surface area (Å²) in [6.07, 6.45) is 8.55. The van der Waals surface area contributed by atoms with Gasteiger partial charge < -0.3 is 0 Å². The molecule has 1 heterocycles. The molecule has 0 aliphatic rings. The van der Waals surface area contributed by atoms with Crippen molar-refractivity contribution in [2.24, 2.45) is 11.8 Å². The average Bonchev–Trinajstić information content (AvgIpc) is 2.49. The molecule has 0 aliphatic carbocycles. The van der Waals surface area contributed by atoms with Crippen LogP contribution in [0.2, 0.25) is 0 Å². The fourth-order valence-electron chi connectivity index (χ4n) is 3.12. The van der Waals surface area contributed by atoms with E-state index in [2.05, 4.69) is 48.5 Å². The van der Waals surface area contributed by atoms with Crippen LogP contribution in [0.15, 0.2) is 36.7 Å². The second-order valence-corrected chi connectivity index (χ2v) is 5.43. The SMILES string of the molecule is CCCC(CCC)C(NN)c1cccc2cnccc12. The zero-order valence-electron chi connectivity index (χ0n) is 12.5. The van der Waals surface area contributed by atoms with Crippen molar-refractivity contribution in [2.45, 2.75) is 45.6 Å². The Balaban J connectivity index is 2.42. The highest BCUT2D eigenvalue weighted by Gasteiger charge is 2.22. The van der Waals surface area contributed by atoms with Crippen LogP contribution in [0.1, 0.15) is 51.1 Å². The highest BCUT2D eigenvalue weighted by Crippen LogP contribution is 2.33. The standard InChI is InChI=1S/C17H25N3/c1-3-6-13(7-4-2)17(20-18)16-9-5-8-14-12-19-11-10-15(14)16/h5,8-13,17,20H,3-4,6-7,18H2,1-2H3. The van der Waals surface area contributed by atoms with Gasteiger partial charge in [0.25, 0.3) is 0 Å². The highest BCUT2D eigenvalue weighted by molar-refractivity contribution is 5.85. The largest absolute Gasteiger partial charge is 0.271 e. The molecular formula is C17H25N3. The van der Waals surface area contributed by atoms with E-state index in [1.54, 1.807) is 0 Å². The molecule has 2 rings (SSSR count). The molecule has 0 saturated heterocycles. The second-order valence-electron chi connectivity index (χ2n) is 5.43. The fourth-order valence-corrected chi connectivity index (χ4v) is 3.12. The molecule has 2 aromatic rings. The molecule has 108 valence electrons. The fraction of sp³-hybridized carbons (Fsp3) is 0.471. The lowest BCUT2D eigenvalue weighted by atomic mass is 9.85. The third-order valence-corrected chi connectivity index (χ3v) is 4.02. The van der Waals surface area contributed by atoms with Crippen LogP contribution in [0.5, 0.6) is 0 Å².